The molecule has 3 rings (SSSR count). The first kappa shape index (κ1) is 22.4. The Bertz CT molecular complexity index is 586. The van der Waals surface area contributed by atoms with Crippen LogP contribution >= 0.6 is 24.0 Å². The molecule has 0 spiro atoms. The molecule has 7 heteroatoms. The quantitative estimate of drug-likeness (QED) is 0.255. The van der Waals surface area contributed by atoms with Crippen LogP contribution in [0.15, 0.2) is 29.3 Å². The first-order chi connectivity index (χ1) is 12.7. The fourth-order valence-electron chi connectivity index (χ4n) is 3.40. The molecule has 1 saturated heterocycles. The van der Waals surface area contributed by atoms with E-state index < -0.39 is 0 Å². The Morgan fingerprint density at radius 2 is 1.89 bits per heavy atom. The molecule has 0 amide bonds. The molecule has 1 aromatic rings. The van der Waals surface area contributed by atoms with Crippen LogP contribution in [-0.4, -0.2) is 63.3 Å². The van der Waals surface area contributed by atoms with Crippen molar-refractivity contribution >= 4 is 29.9 Å². The molecule has 0 atom stereocenters. The molecule has 1 saturated carbocycles. The number of hydrogen-bond acceptors (Lipinski definition) is 3. The Balaban J connectivity index is 0.00000261. The summed E-state index contributed by atoms with van der Waals surface area (Å²) in [6.07, 6.45) is 3.34. The Hall–Kier alpha value is -0.930. The summed E-state index contributed by atoms with van der Waals surface area (Å²) < 4.78 is 18.5. The second kappa shape index (κ2) is 11.2. The van der Waals surface area contributed by atoms with Gasteiger partial charge < -0.3 is 15.4 Å². The van der Waals surface area contributed by atoms with Crippen LogP contribution in [-0.2, 0) is 10.2 Å². The third-order valence-electron chi connectivity index (χ3n) is 5.24. The molecular formula is C20H32FIN4O. The molecule has 152 valence electrons. The SMILES string of the molecule is CCNC(=NCC1(c2ccc(F)cc2)CC1)NCCCN1CCOCC1.I. The predicted octanol–water partition coefficient (Wildman–Crippen LogP) is 2.75. The minimum absolute atomic E-state index is 0. The number of ether oxygens (including phenoxy) is 1. The van der Waals surface area contributed by atoms with E-state index in [1.165, 1.54) is 5.56 Å². The van der Waals surface area contributed by atoms with Gasteiger partial charge in [-0.25, -0.2) is 4.39 Å². The second-order valence-corrected chi connectivity index (χ2v) is 7.22. The highest BCUT2D eigenvalue weighted by Gasteiger charge is 2.44. The molecule has 1 heterocycles. The van der Waals surface area contributed by atoms with Crippen molar-refractivity contribution in [1.82, 2.24) is 15.5 Å². The molecule has 27 heavy (non-hydrogen) atoms. The standard InChI is InChI=1S/C20H31FN4O.HI/c1-2-22-19(23-10-3-11-25-12-14-26-15-13-25)24-16-20(8-9-20)17-4-6-18(21)7-5-17;/h4-7H,2-3,8-16H2,1H3,(H2,22,23,24);1H. The molecule has 0 bridgehead atoms. The highest BCUT2D eigenvalue weighted by molar-refractivity contribution is 14.0. The molecule has 1 aliphatic carbocycles. The van der Waals surface area contributed by atoms with Crippen molar-refractivity contribution in [1.29, 1.82) is 0 Å². The third-order valence-corrected chi connectivity index (χ3v) is 5.24. The maximum Gasteiger partial charge on any atom is 0.191 e. The number of halogens is 2. The van der Waals surface area contributed by atoms with E-state index in [1.54, 1.807) is 12.1 Å². The van der Waals surface area contributed by atoms with Crippen LogP contribution in [0, 0.1) is 5.82 Å². The number of benzene rings is 1. The van der Waals surface area contributed by atoms with Gasteiger partial charge in [0, 0.05) is 31.6 Å². The zero-order valence-electron chi connectivity index (χ0n) is 16.2. The lowest BCUT2D eigenvalue weighted by atomic mass is 9.96. The van der Waals surface area contributed by atoms with Crippen LogP contribution in [0.4, 0.5) is 4.39 Å². The van der Waals surface area contributed by atoms with Gasteiger partial charge in [-0.2, -0.15) is 0 Å². The van der Waals surface area contributed by atoms with E-state index in [4.69, 9.17) is 9.73 Å². The van der Waals surface area contributed by atoms with Crippen LogP contribution in [0.1, 0.15) is 31.7 Å². The van der Waals surface area contributed by atoms with Gasteiger partial charge in [0.2, 0.25) is 0 Å². The number of guanidine groups is 1. The van der Waals surface area contributed by atoms with Gasteiger partial charge >= 0.3 is 0 Å². The fourth-order valence-corrected chi connectivity index (χ4v) is 3.40. The van der Waals surface area contributed by atoms with E-state index >= 15 is 0 Å². The lowest BCUT2D eigenvalue weighted by Gasteiger charge is -2.26. The number of rotatable bonds is 8. The number of nitrogens with one attached hydrogen (secondary N) is 2. The van der Waals surface area contributed by atoms with Crippen LogP contribution < -0.4 is 10.6 Å². The summed E-state index contributed by atoms with van der Waals surface area (Å²) in [7, 11) is 0. The molecule has 1 aliphatic heterocycles. The Labute approximate surface area is 179 Å². The van der Waals surface area contributed by atoms with Gasteiger partial charge in [-0.15, -0.1) is 24.0 Å². The van der Waals surface area contributed by atoms with Gasteiger partial charge in [0.15, 0.2) is 5.96 Å². The summed E-state index contributed by atoms with van der Waals surface area (Å²) in [6, 6.07) is 6.91. The zero-order valence-corrected chi connectivity index (χ0v) is 18.5. The smallest absolute Gasteiger partial charge is 0.191 e. The summed E-state index contributed by atoms with van der Waals surface area (Å²) in [4.78, 5) is 7.25. The molecule has 0 aromatic heterocycles. The predicted molar refractivity (Wildman–Crippen MR) is 119 cm³/mol. The van der Waals surface area contributed by atoms with Crippen LogP contribution in [0.5, 0.6) is 0 Å². The average Bonchev–Trinajstić information content (AvgIpc) is 3.46. The van der Waals surface area contributed by atoms with Crippen LogP contribution in [0.3, 0.4) is 0 Å². The maximum absolute atomic E-state index is 13.2. The minimum Gasteiger partial charge on any atom is -0.379 e. The van der Waals surface area contributed by atoms with Crippen molar-refractivity contribution in [3.63, 3.8) is 0 Å². The number of aliphatic imine (C=N–C) groups is 1. The van der Waals surface area contributed by atoms with E-state index in [1.807, 2.05) is 12.1 Å². The molecule has 0 radical (unpaired) electrons. The lowest BCUT2D eigenvalue weighted by molar-refractivity contribution is 0.0376. The summed E-state index contributed by atoms with van der Waals surface area (Å²) in [5.41, 5.74) is 1.30. The van der Waals surface area contributed by atoms with Crippen molar-refractivity contribution in [3.05, 3.63) is 35.6 Å². The van der Waals surface area contributed by atoms with Crippen molar-refractivity contribution in [2.24, 2.45) is 4.99 Å². The summed E-state index contributed by atoms with van der Waals surface area (Å²) in [6.45, 7) is 9.45. The van der Waals surface area contributed by atoms with E-state index in [9.17, 15) is 4.39 Å². The van der Waals surface area contributed by atoms with Gasteiger partial charge in [0.05, 0.1) is 19.8 Å². The van der Waals surface area contributed by atoms with Crippen molar-refractivity contribution < 1.29 is 9.13 Å². The minimum atomic E-state index is -0.177. The van der Waals surface area contributed by atoms with E-state index in [-0.39, 0.29) is 35.2 Å². The highest BCUT2D eigenvalue weighted by atomic mass is 127. The Kier molecular flexibility index (Phi) is 9.25. The van der Waals surface area contributed by atoms with Crippen molar-refractivity contribution in [2.45, 2.75) is 31.6 Å². The van der Waals surface area contributed by atoms with Crippen molar-refractivity contribution in [3.8, 4) is 0 Å². The normalized spacial score (nSPS) is 19.3. The Morgan fingerprint density at radius 1 is 1.19 bits per heavy atom. The molecule has 2 fully saturated rings. The largest absolute Gasteiger partial charge is 0.379 e. The highest BCUT2D eigenvalue weighted by Crippen LogP contribution is 2.48. The number of nitrogens with zero attached hydrogens (tertiary/aromatic N) is 2. The molecule has 2 aliphatic rings. The molecule has 1 aromatic carbocycles. The Morgan fingerprint density at radius 3 is 2.52 bits per heavy atom. The monoisotopic (exact) mass is 490 g/mol. The second-order valence-electron chi connectivity index (χ2n) is 7.22. The van der Waals surface area contributed by atoms with E-state index in [0.717, 1.165) is 77.7 Å². The van der Waals surface area contributed by atoms with Gasteiger partial charge in [0.1, 0.15) is 5.82 Å². The van der Waals surface area contributed by atoms with Gasteiger partial charge in [-0.1, -0.05) is 12.1 Å². The summed E-state index contributed by atoms with van der Waals surface area (Å²) in [5, 5.41) is 6.77. The zero-order chi connectivity index (χ0) is 18.2. The van der Waals surface area contributed by atoms with E-state index in [0.29, 0.717) is 0 Å². The first-order valence-corrected chi connectivity index (χ1v) is 9.80. The summed E-state index contributed by atoms with van der Waals surface area (Å²) in [5.74, 6) is 0.700. The topological polar surface area (TPSA) is 48.9 Å². The number of morpholine rings is 1. The molecular weight excluding hydrogens is 458 g/mol. The molecule has 2 N–H and O–H groups in total. The molecule has 5 nitrogen and oxygen atoms in total. The fraction of sp³-hybridized carbons (Fsp3) is 0.650. The average molecular weight is 490 g/mol. The van der Waals surface area contributed by atoms with Gasteiger partial charge in [0.25, 0.3) is 0 Å². The van der Waals surface area contributed by atoms with E-state index in [2.05, 4.69) is 22.5 Å². The van der Waals surface area contributed by atoms with Gasteiger partial charge in [-0.05, 0) is 50.4 Å². The van der Waals surface area contributed by atoms with Crippen LogP contribution in [0.25, 0.3) is 0 Å². The lowest BCUT2D eigenvalue weighted by Crippen LogP contribution is -2.41. The number of hydrogen-bond donors (Lipinski definition) is 2. The third kappa shape index (κ3) is 6.87. The first-order valence-electron chi connectivity index (χ1n) is 9.80. The van der Waals surface area contributed by atoms with Crippen molar-refractivity contribution in [2.75, 3.05) is 52.5 Å². The summed E-state index contributed by atoms with van der Waals surface area (Å²) >= 11 is 0. The van der Waals surface area contributed by atoms with Crippen LogP contribution in [0.2, 0.25) is 0 Å². The molecule has 0 unspecified atom stereocenters. The van der Waals surface area contributed by atoms with Gasteiger partial charge in [-0.3, -0.25) is 9.89 Å². The maximum atomic E-state index is 13.2.